The second kappa shape index (κ2) is 17.0. The molecule has 0 saturated heterocycles. The van der Waals surface area contributed by atoms with Crippen LogP contribution in [0.1, 0.15) is 157 Å². The summed E-state index contributed by atoms with van der Waals surface area (Å²) in [6, 6.07) is 45.7. The number of hydrogen-bond donors (Lipinski definition) is 0. The van der Waals surface area contributed by atoms with E-state index in [2.05, 4.69) is 206 Å². The number of fused-ring (bicyclic) bond motifs is 7. The third-order valence-electron chi connectivity index (χ3n) is 16.8. The van der Waals surface area contributed by atoms with Gasteiger partial charge in [-0.3, -0.25) is 0 Å². The molecule has 8 aromatic rings. The van der Waals surface area contributed by atoms with Gasteiger partial charge >= 0.3 is 0 Å². The van der Waals surface area contributed by atoms with Gasteiger partial charge < -0.3 is 19.1 Å². The molecule has 2 aliphatic heterocycles. The van der Waals surface area contributed by atoms with Crippen LogP contribution in [0.25, 0.3) is 11.0 Å². The molecule has 7 aromatic carbocycles. The van der Waals surface area contributed by atoms with Crippen LogP contribution < -0.4 is 31.3 Å². The van der Waals surface area contributed by atoms with Crippen molar-refractivity contribution in [2.24, 2.45) is 0 Å². The second-order valence-corrected chi connectivity index (χ2v) is 27.3. The van der Waals surface area contributed by atoms with E-state index in [1.54, 1.807) is 29.2 Å². The van der Waals surface area contributed by atoms with E-state index in [4.69, 9.17) is 4.42 Å². The van der Waals surface area contributed by atoms with Gasteiger partial charge in [-0.25, -0.2) is 8.78 Å². The first-order valence-electron chi connectivity index (χ1n) is 27.1. The van der Waals surface area contributed by atoms with E-state index in [-0.39, 0.29) is 50.6 Å². The molecule has 0 spiro atoms. The molecule has 4 nitrogen and oxygen atoms in total. The van der Waals surface area contributed by atoms with Crippen LogP contribution in [0.15, 0.2) is 138 Å². The third kappa shape index (κ3) is 8.39. The standard InChI is InChI=1S/C68H74BF2N3O/c1-63(2,3)41-25-28-45(29-26-41)74-58-38-47(72(54-23-19-17-21-52(54)70)55-24-20-18-22-53(55)71)37-57-60(58)69(62-61(74)48-36-42(64(4,5)6)27-30-59(48)75-62)51-39-49-50(68(15,16)32-31-67(49,13)14)40-56(51)73(57)46-34-43(65(7,8)9)33-44(35-46)66(10,11)12/h17-30,33-40H,31-32H2,1-16H3. The lowest BCUT2D eigenvalue weighted by Gasteiger charge is -2.47. The van der Waals surface area contributed by atoms with Crippen molar-refractivity contribution in [2.45, 2.75) is 156 Å². The van der Waals surface area contributed by atoms with Gasteiger partial charge in [-0.1, -0.05) is 165 Å². The van der Waals surface area contributed by atoms with Crippen LogP contribution in [0, 0.1) is 11.6 Å². The minimum absolute atomic E-state index is 0.0844. The Kier molecular flexibility index (Phi) is 11.4. The maximum Gasteiger partial charge on any atom is 0.297 e. The SMILES string of the molecule is CC(C)(C)c1ccc(N2c3cc(N(c4ccccc4F)c4ccccc4F)cc4c3B(c3cc5c(cc3N4c3cc(C(C)(C)C)cc(C(C)(C)C)c3)C(C)(C)CCC5(C)C)c3oc4ccc(C(C)(C)C)cc4c32)cc1. The smallest absolute Gasteiger partial charge is 0.297 e. The normalized spacial score (nSPS) is 15.9. The average molecular weight is 998 g/mol. The van der Waals surface area contributed by atoms with Gasteiger partial charge in [0, 0.05) is 33.8 Å². The van der Waals surface area contributed by atoms with E-state index in [9.17, 15) is 0 Å². The molecule has 7 heteroatoms. The predicted molar refractivity (Wildman–Crippen MR) is 315 cm³/mol. The highest BCUT2D eigenvalue weighted by molar-refractivity contribution is 7.00. The van der Waals surface area contributed by atoms with Crippen LogP contribution in [-0.2, 0) is 32.5 Å². The van der Waals surface area contributed by atoms with Crippen molar-refractivity contribution >= 4 is 85.5 Å². The van der Waals surface area contributed by atoms with Crippen molar-refractivity contribution in [2.75, 3.05) is 14.7 Å². The summed E-state index contributed by atoms with van der Waals surface area (Å²) < 4.78 is 41.1. The topological polar surface area (TPSA) is 22.9 Å². The summed E-state index contributed by atoms with van der Waals surface area (Å²) in [7, 11) is 0. The van der Waals surface area contributed by atoms with Crippen LogP contribution in [0.3, 0.4) is 0 Å². The second-order valence-electron chi connectivity index (χ2n) is 27.3. The molecule has 0 radical (unpaired) electrons. The van der Waals surface area contributed by atoms with Crippen molar-refractivity contribution < 1.29 is 13.2 Å². The summed E-state index contributed by atoms with van der Waals surface area (Å²) >= 11 is 0. The minimum Gasteiger partial charge on any atom is -0.468 e. The molecular weight excluding hydrogens is 924 g/mol. The Morgan fingerprint density at radius 1 is 0.493 bits per heavy atom. The van der Waals surface area contributed by atoms with Crippen LogP contribution in [0.4, 0.5) is 60.0 Å². The maximum absolute atomic E-state index is 16.8. The summed E-state index contributed by atoms with van der Waals surface area (Å²) in [5.41, 5.74) is 17.8. The molecule has 1 aliphatic carbocycles. The first-order valence-corrected chi connectivity index (χ1v) is 27.1. The summed E-state index contributed by atoms with van der Waals surface area (Å²) in [5.74, 6) is -0.910. The largest absolute Gasteiger partial charge is 0.468 e. The number of halogens is 2. The van der Waals surface area contributed by atoms with Gasteiger partial charge in [0.25, 0.3) is 6.71 Å². The van der Waals surface area contributed by atoms with E-state index >= 15 is 8.78 Å². The Morgan fingerprint density at radius 2 is 0.987 bits per heavy atom. The number of benzene rings is 7. The van der Waals surface area contributed by atoms with Gasteiger partial charge in [0.05, 0.1) is 28.4 Å². The van der Waals surface area contributed by atoms with Gasteiger partial charge in [-0.05, 0) is 169 Å². The van der Waals surface area contributed by atoms with Gasteiger partial charge in [-0.15, -0.1) is 0 Å². The highest BCUT2D eigenvalue weighted by Crippen LogP contribution is 2.54. The van der Waals surface area contributed by atoms with E-state index in [0.717, 1.165) is 69.1 Å². The van der Waals surface area contributed by atoms with Crippen molar-refractivity contribution in [1.29, 1.82) is 0 Å². The van der Waals surface area contributed by atoms with Crippen LogP contribution in [-0.4, -0.2) is 6.71 Å². The molecule has 3 aliphatic rings. The molecule has 11 rings (SSSR count). The van der Waals surface area contributed by atoms with E-state index < -0.39 is 11.6 Å². The lowest BCUT2D eigenvalue weighted by Crippen LogP contribution is -2.61. The molecule has 0 bridgehead atoms. The molecular formula is C68H74BF2N3O. The zero-order valence-electron chi connectivity index (χ0n) is 47.2. The number of para-hydroxylation sites is 2. The fourth-order valence-electron chi connectivity index (χ4n) is 12.1. The zero-order valence-corrected chi connectivity index (χ0v) is 47.2. The molecule has 1 aromatic heterocycles. The zero-order chi connectivity index (χ0) is 53.7. The maximum atomic E-state index is 16.8. The summed E-state index contributed by atoms with van der Waals surface area (Å²) in [6.45, 7) is 36.5. The summed E-state index contributed by atoms with van der Waals surface area (Å²) in [4.78, 5) is 6.65. The van der Waals surface area contributed by atoms with Crippen LogP contribution in [0.5, 0.6) is 0 Å². The fourth-order valence-corrected chi connectivity index (χ4v) is 12.1. The highest BCUT2D eigenvalue weighted by Gasteiger charge is 2.50. The number of anilines is 9. The Morgan fingerprint density at radius 3 is 1.51 bits per heavy atom. The molecule has 0 saturated carbocycles. The highest BCUT2D eigenvalue weighted by atomic mass is 19.1. The lowest BCUT2D eigenvalue weighted by atomic mass is 9.35. The molecule has 0 unspecified atom stereocenters. The molecule has 75 heavy (non-hydrogen) atoms. The van der Waals surface area contributed by atoms with Gasteiger partial charge in [0.15, 0.2) is 0 Å². The molecule has 0 fully saturated rings. The van der Waals surface area contributed by atoms with Crippen LogP contribution in [0.2, 0.25) is 0 Å². The van der Waals surface area contributed by atoms with Gasteiger partial charge in [-0.2, -0.15) is 0 Å². The molecule has 0 atom stereocenters. The van der Waals surface area contributed by atoms with Crippen molar-refractivity contribution in [3.05, 3.63) is 178 Å². The quantitative estimate of drug-likeness (QED) is 0.160. The Labute approximate surface area is 445 Å². The minimum atomic E-state index is -0.455. The van der Waals surface area contributed by atoms with Crippen LogP contribution >= 0.6 is 0 Å². The molecule has 0 N–H and O–H groups in total. The Bertz CT molecular complexity index is 3510. The number of furan rings is 1. The van der Waals surface area contributed by atoms with E-state index in [1.165, 1.54) is 51.0 Å². The Balaban J connectivity index is 1.36. The lowest BCUT2D eigenvalue weighted by molar-refractivity contribution is 0.332. The molecule has 384 valence electrons. The summed E-state index contributed by atoms with van der Waals surface area (Å²) in [6.07, 6.45) is 2.13. The summed E-state index contributed by atoms with van der Waals surface area (Å²) in [5, 5.41) is 1.02. The molecule has 3 heterocycles. The van der Waals surface area contributed by atoms with Crippen molar-refractivity contribution in [1.82, 2.24) is 0 Å². The Hall–Kier alpha value is -6.60. The fraction of sp³-hybridized carbons (Fsp3) is 0.353. The number of nitrogens with zero attached hydrogens (tertiary/aromatic N) is 3. The van der Waals surface area contributed by atoms with E-state index in [1.807, 2.05) is 12.1 Å². The average Bonchev–Trinajstić information content (AvgIpc) is 3.77. The number of hydrogen-bond acceptors (Lipinski definition) is 4. The monoisotopic (exact) mass is 998 g/mol. The van der Waals surface area contributed by atoms with Crippen molar-refractivity contribution in [3.8, 4) is 0 Å². The predicted octanol–water partition coefficient (Wildman–Crippen LogP) is 17.8. The van der Waals surface area contributed by atoms with Crippen molar-refractivity contribution in [3.63, 3.8) is 0 Å². The molecule has 0 amide bonds. The van der Waals surface area contributed by atoms with Gasteiger partial charge in [0.2, 0.25) is 0 Å². The first-order chi connectivity index (χ1) is 35.0. The first kappa shape index (κ1) is 50.6. The number of rotatable bonds is 5. The van der Waals surface area contributed by atoms with Gasteiger partial charge in [0.1, 0.15) is 17.2 Å². The third-order valence-corrected chi connectivity index (χ3v) is 16.8. The van der Waals surface area contributed by atoms with E-state index in [0.29, 0.717) is 5.69 Å².